The second kappa shape index (κ2) is 11.8. The summed E-state index contributed by atoms with van der Waals surface area (Å²) < 4.78 is 0. The minimum absolute atomic E-state index is 0.0644. The zero-order valence-electron chi connectivity index (χ0n) is 14.6. The van der Waals surface area contributed by atoms with E-state index in [1.54, 1.807) is 6.08 Å². The summed E-state index contributed by atoms with van der Waals surface area (Å²) in [6, 6.07) is 0. The molecule has 0 saturated carbocycles. The Morgan fingerprint density at radius 2 is 2.00 bits per heavy atom. The van der Waals surface area contributed by atoms with Crippen LogP contribution in [0.3, 0.4) is 0 Å². The zero-order valence-corrected chi connectivity index (χ0v) is 14.6. The number of carbonyl (C=O) groups is 2. The minimum atomic E-state index is -1.30. The van der Waals surface area contributed by atoms with E-state index in [9.17, 15) is 14.7 Å². The summed E-state index contributed by atoms with van der Waals surface area (Å²) in [7, 11) is 0. The van der Waals surface area contributed by atoms with E-state index in [1.807, 2.05) is 24.3 Å². The maximum atomic E-state index is 11.9. The van der Waals surface area contributed by atoms with Crippen molar-refractivity contribution in [3.05, 3.63) is 36.5 Å². The molecule has 0 radical (unpaired) electrons. The average Bonchev–Trinajstić information content (AvgIpc) is 2.90. The van der Waals surface area contributed by atoms with Crippen LogP contribution in [-0.4, -0.2) is 28.1 Å². The van der Waals surface area contributed by atoms with Crippen LogP contribution >= 0.6 is 0 Å². The van der Waals surface area contributed by atoms with E-state index in [4.69, 9.17) is 5.11 Å². The molecule has 0 heterocycles. The molecule has 0 amide bonds. The highest BCUT2D eigenvalue weighted by Gasteiger charge is 2.26. The number of carbonyl (C=O) groups excluding carboxylic acids is 1. The highest BCUT2D eigenvalue weighted by atomic mass is 16.4. The van der Waals surface area contributed by atoms with Crippen molar-refractivity contribution in [1.29, 1.82) is 0 Å². The fraction of sp³-hybridized carbons (Fsp3) is 0.600. The lowest BCUT2D eigenvalue weighted by molar-refractivity contribution is -0.146. The van der Waals surface area contributed by atoms with Crippen molar-refractivity contribution in [2.75, 3.05) is 0 Å². The predicted molar refractivity (Wildman–Crippen MR) is 95.7 cm³/mol. The van der Waals surface area contributed by atoms with E-state index >= 15 is 0 Å². The number of aliphatic hydroxyl groups excluding tert-OH is 1. The molecule has 0 spiro atoms. The Balaban J connectivity index is 2.32. The number of carboxylic acid groups (broad SMARTS) is 1. The van der Waals surface area contributed by atoms with Gasteiger partial charge in [-0.3, -0.25) is 4.79 Å². The van der Waals surface area contributed by atoms with Crippen molar-refractivity contribution < 1.29 is 19.8 Å². The van der Waals surface area contributed by atoms with Gasteiger partial charge >= 0.3 is 5.97 Å². The third-order valence-electron chi connectivity index (χ3n) is 4.33. The first-order valence-corrected chi connectivity index (χ1v) is 9.00. The van der Waals surface area contributed by atoms with E-state index < -0.39 is 12.1 Å². The van der Waals surface area contributed by atoms with Crippen molar-refractivity contribution in [2.45, 2.75) is 64.4 Å². The summed E-state index contributed by atoms with van der Waals surface area (Å²) in [5, 5.41) is 17.8. The van der Waals surface area contributed by atoms with Crippen molar-refractivity contribution in [3.63, 3.8) is 0 Å². The monoisotopic (exact) mass is 334 g/mol. The van der Waals surface area contributed by atoms with E-state index in [-0.39, 0.29) is 24.0 Å². The first kappa shape index (κ1) is 20.4. The molecule has 1 aliphatic carbocycles. The number of allylic oxidation sites excluding steroid dienone is 6. The maximum Gasteiger partial charge on any atom is 0.332 e. The molecule has 4 nitrogen and oxygen atoms in total. The molecule has 3 atom stereocenters. The fourth-order valence-corrected chi connectivity index (χ4v) is 2.80. The van der Waals surface area contributed by atoms with Crippen LogP contribution in [0.25, 0.3) is 0 Å². The second-order valence-corrected chi connectivity index (χ2v) is 6.37. The van der Waals surface area contributed by atoms with Gasteiger partial charge in [0.05, 0.1) is 0 Å². The van der Waals surface area contributed by atoms with Gasteiger partial charge in [0.1, 0.15) is 0 Å². The third kappa shape index (κ3) is 7.73. The molecular weight excluding hydrogens is 304 g/mol. The molecule has 0 fully saturated rings. The maximum absolute atomic E-state index is 11.9. The summed E-state index contributed by atoms with van der Waals surface area (Å²) in [6.07, 6.45) is 17.8. The van der Waals surface area contributed by atoms with Gasteiger partial charge in [-0.15, -0.1) is 0 Å². The Bertz CT molecular complexity index is 476. The van der Waals surface area contributed by atoms with Crippen molar-refractivity contribution in [1.82, 2.24) is 0 Å². The number of unbranched alkanes of at least 4 members (excludes halogenated alkanes) is 4. The molecule has 1 rings (SSSR count). The molecule has 134 valence electrons. The molecule has 2 N–H and O–H groups in total. The molecule has 0 saturated heterocycles. The predicted octanol–water partition coefficient (Wildman–Crippen LogP) is 4.06. The highest BCUT2D eigenvalue weighted by molar-refractivity contribution is 5.95. The van der Waals surface area contributed by atoms with E-state index in [2.05, 4.69) is 13.0 Å². The smallest absolute Gasteiger partial charge is 0.332 e. The van der Waals surface area contributed by atoms with Crippen LogP contribution in [0, 0.1) is 11.8 Å². The quantitative estimate of drug-likeness (QED) is 0.417. The summed E-state index contributed by atoms with van der Waals surface area (Å²) in [6.45, 7) is 2.19. The molecule has 4 heteroatoms. The van der Waals surface area contributed by atoms with Crippen LogP contribution in [0.4, 0.5) is 0 Å². The lowest BCUT2D eigenvalue weighted by Crippen LogP contribution is -2.18. The number of rotatable bonds is 12. The molecule has 1 unspecified atom stereocenters. The summed E-state index contributed by atoms with van der Waals surface area (Å²) >= 11 is 0. The molecule has 0 aromatic rings. The van der Waals surface area contributed by atoms with Crippen LogP contribution in [0.5, 0.6) is 0 Å². The van der Waals surface area contributed by atoms with Gasteiger partial charge in [0.25, 0.3) is 0 Å². The van der Waals surface area contributed by atoms with E-state index in [0.717, 1.165) is 12.8 Å². The van der Waals surface area contributed by atoms with Gasteiger partial charge < -0.3 is 10.2 Å². The van der Waals surface area contributed by atoms with Crippen LogP contribution in [0.1, 0.15) is 58.3 Å². The first-order valence-electron chi connectivity index (χ1n) is 9.00. The Morgan fingerprint density at radius 3 is 2.71 bits per heavy atom. The Hall–Kier alpha value is -1.68. The first-order chi connectivity index (χ1) is 11.6. The van der Waals surface area contributed by atoms with Crippen molar-refractivity contribution >= 4 is 11.8 Å². The van der Waals surface area contributed by atoms with Crippen molar-refractivity contribution in [3.8, 4) is 0 Å². The molecule has 0 aliphatic heterocycles. The third-order valence-corrected chi connectivity index (χ3v) is 4.33. The largest absolute Gasteiger partial charge is 0.479 e. The standard InChI is InChI=1S/C20H30O4/c1-2-3-4-5-6-9-12-17-16(14-15-18(17)21)11-8-7-10-13-19(22)20(23)24/h7-9,12,14-17,19,22H,2-6,10-11,13H2,1H3,(H,23,24)/b8-7-,12-9+/t16-,17+,19?/m0/s1. The van der Waals surface area contributed by atoms with Gasteiger partial charge in [0.2, 0.25) is 0 Å². The lowest BCUT2D eigenvalue weighted by Gasteiger charge is -2.12. The normalized spacial score (nSPS) is 22.0. The fourth-order valence-electron chi connectivity index (χ4n) is 2.80. The Morgan fingerprint density at radius 1 is 1.21 bits per heavy atom. The number of ketones is 1. The lowest BCUT2D eigenvalue weighted by atomic mass is 9.91. The van der Waals surface area contributed by atoms with Gasteiger partial charge in [-0.25, -0.2) is 4.79 Å². The van der Waals surface area contributed by atoms with Crippen LogP contribution in [-0.2, 0) is 9.59 Å². The molecule has 1 aliphatic rings. The number of hydrogen-bond acceptors (Lipinski definition) is 3. The van der Waals surface area contributed by atoms with Gasteiger partial charge in [-0.2, -0.15) is 0 Å². The molecule has 0 aromatic carbocycles. The highest BCUT2D eigenvalue weighted by Crippen LogP contribution is 2.27. The Labute approximate surface area is 145 Å². The SMILES string of the molecule is CCCCCC/C=C/[C@H]1C(=O)C=C[C@@H]1C/C=C\CCC(O)C(=O)O. The zero-order chi connectivity index (χ0) is 17.8. The number of hydrogen-bond donors (Lipinski definition) is 2. The molecule has 24 heavy (non-hydrogen) atoms. The van der Waals surface area contributed by atoms with Crippen molar-refractivity contribution in [2.24, 2.45) is 11.8 Å². The summed E-state index contributed by atoms with van der Waals surface area (Å²) in [5.74, 6) is -0.896. The molecule has 0 aromatic heterocycles. The molecule has 0 bridgehead atoms. The van der Waals surface area contributed by atoms with E-state index in [0.29, 0.717) is 6.42 Å². The Kier molecular flexibility index (Phi) is 10.0. The second-order valence-electron chi connectivity index (χ2n) is 6.37. The average molecular weight is 334 g/mol. The van der Waals surface area contributed by atoms with Gasteiger partial charge in [0.15, 0.2) is 11.9 Å². The van der Waals surface area contributed by atoms with Crippen LogP contribution in [0.15, 0.2) is 36.5 Å². The van der Waals surface area contributed by atoms with Crippen LogP contribution < -0.4 is 0 Å². The summed E-state index contributed by atoms with van der Waals surface area (Å²) in [4.78, 5) is 22.4. The summed E-state index contributed by atoms with van der Waals surface area (Å²) in [5.41, 5.74) is 0. The number of aliphatic carboxylic acids is 1. The molecular formula is C20H30O4. The minimum Gasteiger partial charge on any atom is -0.479 e. The van der Waals surface area contributed by atoms with Gasteiger partial charge in [-0.1, -0.05) is 56.6 Å². The topological polar surface area (TPSA) is 74.6 Å². The number of aliphatic hydroxyl groups is 1. The van der Waals surface area contributed by atoms with Crippen LogP contribution in [0.2, 0.25) is 0 Å². The van der Waals surface area contributed by atoms with E-state index in [1.165, 1.54) is 25.7 Å². The van der Waals surface area contributed by atoms with Gasteiger partial charge in [0, 0.05) is 5.92 Å². The van der Waals surface area contributed by atoms with Gasteiger partial charge in [-0.05, 0) is 44.1 Å². The number of carboxylic acids is 1.